The number of alkyl halides is 1. The fourth-order valence-electron chi connectivity index (χ4n) is 3.17. The first-order valence-corrected chi connectivity index (χ1v) is 10.8. The number of halogens is 1. The molecule has 2 heterocycles. The number of amides is 2. The molecule has 5 nitrogen and oxygen atoms in total. The van der Waals surface area contributed by atoms with Crippen molar-refractivity contribution in [2.45, 2.75) is 57.9 Å². The summed E-state index contributed by atoms with van der Waals surface area (Å²) in [4.78, 5) is 26.8. The van der Waals surface area contributed by atoms with Gasteiger partial charge in [0.25, 0.3) is 0 Å². The van der Waals surface area contributed by atoms with Crippen LogP contribution in [0.4, 0.5) is 0 Å². The molecular formula is C18H32ClN3O2S. The zero-order valence-corrected chi connectivity index (χ0v) is 17.4. The molecular weight excluding hydrogens is 358 g/mol. The van der Waals surface area contributed by atoms with E-state index in [2.05, 4.69) is 24.5 Å². The molecule has 2 atom stereocenters. The Bertz CT molecular complexity index is 493. The number of nitrogens with zero attached hydrogens (tertiary/aromatic N) is 1. The van der Waals surface area contributed by atoms with Gasteiger partial charge < -0.3 is 10.2 Å². The van der Waals surface area contributed by atoms with E-state index < -0.39 is 5.41 Å². The van der Waals surface area contributed by atoms with Crippen LogP contribution in [0.2, 0.25) is 0 Å². The fourth-order valence-corrected chi connectivity index (χ4v) is 4.70. The van der Waals surface area contributed by atoms with Gasteiger partial charge in [0.05, 0.1) is 16.3 Å². The molecule has 144 valence electrons. The van der Waals surface area contributed by atoms with Crippen LogP contribution >= 0.6 is 23.4 Å². The van der Waals surface area contributed by atoms with E-state index in [-0.39, 0.29) is 22.7 Å². The Hall–Kier alpha value is -0.460. The van der Waals surface area contributed by atoms with E-state index in [1.165, 1.54) is 0 Å². The van der Waals surface area contributed by atoms with Gasteiger partial charge in [0.2, 0.25) is 11.8 Å². The number of hydrogen-bond acceptors (Lipinski definition) is 4. The third-order valence-corrected chi connectivity index (χ3v) is 7.62. The number of piperidine rings is 1. The van der Waals surface area contributed by atoms with Crippen LogP contribution in [-0.4, -0.2) is 58.9 Å². The molecule has 2 N–H and O–H groups in total. The van der Waals surface area contributed by atoms with Crippen molar-refractivity contribution in [1.29, 1.82) is 0 Å². The molecule has 0 aromatic carbocycles. The van der Waals surface area contributed by atoms with Crippen LogP contribution in [0.5, 0.6) is 0 Å². The van der Waals surface area contributed by atoms with E-state index in [9.17, 15) is 9.59 Å². The van der Waals surface area contributed by atoms with Crippen LogP contribution in [0.25, 0.3) is 0 Å². The average molecular weight is 390 g/mol. The first-order chi connectivity index (χ1) is 11.7. The second-order valence-electron chi connectivity index (χ2n) is 8.07. The van der Waals surface area contributed by atoms with Gasteiger partial charge in [0.1, 0.15) is 0 Å². The molecule has 0 aromatic heterocycles. The molecule has 2 amide bonds. The summed E-state index contributed by atoms with van der Waals surface area (Å²) in [5, 5.41) is 6.60. The second kappa shape index (κ2) is 8.49. The molecule has 2 rings (SSSR count). The summed E-state index contributed by atoms with van der Waals surface area (Å²) in [6, 6.07) is -0.129. The Kier molecular flexibility index (Phi) is 7.08. The SMILES string of the molecule is CCC(C)CNC(=O)C1CSC2(CCN(C(=O)C(C)(C)CCl)CC2)N1. The van der Waals surface area contributed by atoms with Crippen molar-refractivity contribution in [3.8, 4) is 0 Å². The summed E-state index contributed by atoms with van der Waals surface area (Å²) in [5.41, 5.74) is -0.513. The smallest absolute Gasteiger partial charge is 0.238 e. The van der Waals surface area contributed by atoms with Gasteiger partial charge in [-0.05, 0) is 32.6 Å². The maximum Gasteiger partial charge on any atom is 0.238 e. The molecule has 0 aromatic rings. The van der Waals surface area contributed by atoms with E-state index in [4.69, 9.17) is 11.6 Å². The predicted molar refractivity (Wildman–Crippen MR) is 105 cm³/mol. The van der Waals surface area contributed by atoms with Crippen LogP contribution < -0.4 is 10.6 Å². The molecule has 0 bridgehead atoms. The average Bonchev–Trinajstić information content (AvgIpc) is 3.03. The summed E-state index contributed by atoms with van der Waals surface area (Å²) in [6.45, 7) is 10.3. The van der Waals surface area contributed by atoms with Gasteiger partial charge in [-0.3, -0.25) is 14.9 Å². The summed E-state index contributed by atoms with van der Waals surface area (Å²) in [5.74, 6) is 1.87. The van der Waals surface area contributed by atoms with Crippen molar-refractivity contribution in [2.75, 3.05) is 31.3 Å². The number of rotatable bonds is 6. The standard InChI is InChI=1S/C18H32ClN3O2S/c1-5-13(2)10-20-15(23)14-11-25-18(21-14)6-8-22(9-7-18)16(24)17(3,4)12-19/h13-14,21H,5-12H2,1-4H3,(H,20,23). The Balaban J connectivity index is 1.84. The Labute approximate surface area is 161 Å². The van der Waals surface area contributed by atoms with E-state index in [0.717, 1.165) is 44.6 Å². The Morgan fingerprint density at radius 2 is 2.04 bits per heavy atom. The number of nitrogens with one attached hydrogen (secondary N) is 2. The first-order valence-electron chi connectivity index (χ1n) is 9.28. The normalized spacial score (nSPS) is 24.4. The molecule has 2 unspecified atom stereocenters. The highest BCUT2D eigenvalue weighted by molar-refractivity contribution is 8.01. The van der Waals surface area contributed by atoms with Crippen molar-refractivity contribution < 1.29 is 9.59 Å². The lowest BCUT2D eigenvalue weighted by atomic mass is 9.92. The zero-order chi connectivity index (χ0) is 18.7. The molecule has 7 heteroatoms. The van der Waals surface area contributed by atoms with Crippen molar-refractivity contribution >= 4 is 35.2 Å². The Morgan fingerprint density at radius 3 is 2.60 bits per heavy atom. The van der Waals surface area contributed by atoms with Crippen LogP contribution in [0.15, 0.2) is 0 Å². The maximum absolute atomic E-state index is 12.6. The van der Waals surface area contributed by atoms with Gasteiger partial charge in [-0.2, -0.15) is 0 Å². The third kappa shape index (κ3) is 5.04. The van der Waals surface area contributed by atoms with Gasteiger partial charge in [-0.15, -0.1) is 23.4 Å². The highest BCUT2D eigenvalue weighted by Gasteiger charge is 2.45. The lowest BCUT2D eigenvalue weighted by molar-refractivity contribution is -0.140. The largest absolute Gasteiger partial charge is 0.354 e. The molecule has 0 saturated carbocycles. The van der Waals surface area contributed by atoms with Crippen LogP contribution in [-0.2, 0) is 9.59 Å². The van der Waals surface area contributed by atoms with Gasteiger partial charge in [-0.1, -0.05) is 20.3 Å². The minimum absolute atomic E-state index is 0.0692. The lowest BCUT2D eigenvalue weighted by Crippen LogP contribution is -2.56. The fraction of sp³-hybridized carbons (Fsp3) is 0.889. The number of hydrogen-bond donors (Lipinski definition) is 2. The van der Waals surface area contributed by atoms with E-state index in [1.807, 2.05) is 30.5 Å². The van der Waals surface area contributed by atoms with Crippen molar-refractivity contribution in [3.05, 3.63) is 0 Å². The Morgan fingerprint density at radius 1 is 1.40 bits per heavy atom. The summed E-state index contributed by atoms with van der Waals surface area (Å²) in [6.07, 6.45) is 2.81. The molecule has 2 aliphatic heterocycles. The minimum Gasteiger partial charge on any atom is -0.354 e. The summed E-state index contributed by atoms with van der Waals surface area (Å²) >= 11 is 7.77. The molecule has 0 radical (unpaired) electrons. The first kappa shape index (κ1) is 20.8. The van der Waals surface area contributed by atoms with Gasteiger partial charge in [0.15, 0.2) is 0 Å². The number of thioether (sulfide) groups is 1. The molecule has 0 aliphatic carbocycles. The monoisotopic (exact) mass is 389 g/mol. The van der Waals surface area contributed by atoms with Gasteiger partial charge >= 0.3 is 0 Å². The molecule has 2 fully saturated rings. The zero-order valence-electron chi connectivity index (χ0n) is 15.9. The number of carbonyl (C=O) groups is 2. The van der Waals surface area contributed by atoms with Crippen molar-refractivity contribution in [3.63, 3.8) is 0 Å². The maximum atomic E-state index is 12.6. The second-order valence-corrected chi connectivity index (χ2v) is 9.74. The molecule has 25 heavy (non-hydrogen) atoms. The highest BCUT2D eigenvalue weighted by Crippen LogP contribution is 2.40. The predicted octanol–water partition coefficient (Wildman–Crippen LogP) is 2.44. The van der Waals surface area contributed by atoms with Gasteiger partial charge in [-0.25, -0.2) is 0 Å². The third-order valence-electron chi connectivity index (χ3n) is 5.37. The van der Waals surface area contributed by atoms with Gasteiger partial charge in [0, 0.05) is 31.3 Å². The molecule has 2 saturated heterocycles. The van der Waals surface area contributed by atoms with E-state index in [1.54, 1.807) is 0 Å². The van der Waals surface area contributed by atoms with Crippen molar-refractivity contribution in [2.24, 2.45) is 11.3 Å². The van der Waals surface area contributed by atoms with Crippen LogP contribution in [0, 0.1) is 11.3 Å². The van der Waals surface area contributed by atoms with Crippen LogP contribution in [0.3, 0.4) is 0 Å². The summed E-state index contributed by atoms with van der Waals surface area (Å²) in [7, 11) is 0. The molecule has 1 spiro atoms. The molecule has 2 aliphatic rings. The highest BCUT2D eigenvalue weighted by atomic mass is 35.5. The summed E-state index contributed by atoms with van der Waals surface area (Å²) < 4.78 is 0. The van der Waals surface area contributed by atoms with Crippen molar-refractivity contribution in [1.82, 2.24) is 15.5 Å². The van der Waals surface area contributed by atoms with Crippen LogP contribution in [0.1, 0.15) is 47.0 Å². The lowest BCUT2D eigenvalue weighted by Gasteiger charge is -2.41. The number of likely N-dealkylation sites (tertiary alicyclic amines) is 1. The topological polar surface area (TPSA) is 61.4 Å². The van der Waals surface area contributed by atoms with E-state index in [0.29, 0.717) is 11.8 Å². The number of carbonyl (C=O) groups excluding carboxylic acids is 2. The quantitative estimate of drug-likeness (QED) is 0.685. The minimum atomic E-state index is -0.513. The van der Waals surface area contributed by atoms with E-state index >= 15 is 0 Å².